The summed E-state index contributed by atoms with van der Waals surface area (Å²) in [6, 6.07) is 0. The molecule has 0 atom stereocenters. The number of unbranched alkanes of at least 4 members (excludes halogenated alkanes) is 2. The number of aliphatic imine (C=N–C) groups is 1. The molecule has 4 heteroatoms. The van der Waals surface area contributed by atoms with Crippen LogP contribution in [0.15, 0.2) is 43.0 Å². The van der Waals surface area contributed by atoms with Gasteiger partial charge in [-0.25, -0.2) is 4.79 Å². The van der Waals surface area contributed by atoms with Gasteiger partial charge in [0.15, 0.2) is 0 Å². The first-order chi connectivity index (χ1) is 9.60. The van der Waals surface area contributed by atoms with Crippen LogP contribution in [0, 0.1) is 0 Å². The molecule has 2 N–H and O–H groups in total. The van der Waals surface area contributed by atoms with Crippen molar-refractivity contribution in [2.45, 2.75) is 39.5 Å². The molecular formula is C16H30N2O2. The molecule has 1 rings (SSSR count). The van der Waals surface area contributed by atoms with E-state index in [0.29, 0.717) is 0 Å². The van der Waals surface area contributed by atoms with E-state index in [9.17, 15) is 4.79 Å². The molecule has 0 aliphatic carbocycles. The fourth-order valence-electron chi connectivity index (χ4n) is 0.731. The van der Waals surface area contributed by atoms with E-state index >= 15 is 0 Å². The number of nitrogens with one attached hydrogen (secondary N) is 1. The van der Waals surface area contributed by atoms with Gasteiger partial charge in [0.1, 0.15) is 0 Å². The first-order valence-electron chi connectivity index (χ1n) is 6.89. The number of hydrogen-bond donors (Lipinski definition) is 2. The molecule has 0 saturated carbocycles. The molecule has 116 valence electrons. The van der Waals surface area contributed by atoms with E-state index in [0.717, 1.165) is 32.0 Å². The van der Waals surface area contributed by atoms with E-state index in [1.807, 2.05) is 12.2 Å². The van der Waals surface area contributed by atoms with Crippen LogP contribution in [0.3, 0.4) is 0 Å². The lowest BCUT2D eigenvalue weighted by Gasteiger charge is -1.75. The molecule has 0 unspecified atom stereocenters. The molecule has 0 aromatic rings. The summed E-state index contributed by atoms with van der Waals surface area (Å²) in [5, 5.41) is 10.5. The van der Waals surface area contributed by atoms with Crippen LogP contribution in [-0.4, -0.2) is 30.5 Å². The maximum absolute atomic E-state index is 9.25. The van der Waals surface area contributed by atoms with Crippen LogP contribution in [0.2, 0.25) is 0 Å². The number of rotatable bonds is 5. The molecule has 0 amide bonds. The molecule has 0 aromatic carbocycles. The van der Waals surface area contributed by atoms with Crippen molar-refractivity contribution in [2.24, 2.45) is 4.99 Å². The molecule has 20 heavy (non-hydrogen) atoms. The number of carbonyl (C=O) groups is 1. The fraction of sp³-hybridized carbons (Fsp3) is 0.500. The average molecular weight is 282 g/mol. The third kappa shape index (κ3) is 44.3. The lowest BCUT2D eigenvalue weighted by atomic mass is 10.3. The zero-order chi connectivity index (χ0) is 16.1. The molecule has 1 aliphatic heterocycles. The zero-order valence-electron chi connectivity index (χ0n) is 13.0. The van der Waals surface area contributed by atoms with E-state index in [-0.39, 0.29) is 0 Å². The summed E-state index contributed by atoms with van der Waals surface area (Å²) in [7, 11) is 0. The number of carboxylic acids is 1. The molecule has 0 spiro atoms. The first kappa shape index (κ1) is 23.3. The maximum Gasteiger partial charge on any atom is 0.327 e. The molecule has 4 nitrogen and oxygen atoms in total. The van der Waals surface area contributed by atoms with Crippen molar-refractivity contribution in [1.29, 1.82) is 0 Å². The van der Waals surface area contributed by atoms with Gasteiger partial charge in [0.25, 0.3) is 0 Å². The predicted octanol–water partition coefficient (Wildman–Crippen LogP) is 3.82. The second-order valence-electron chi connectivity index (χ2n) is 3.69. The normalized spacial score (nSPS) is 10.1. The Kier molecular flexibility index (Phi) is 30.1. The van der Waals surface area contributed by atoms with Crippen molar-refractivity contribution in [3.63, 3.8) is 0 Å². The predicted molar refractivity (Wildman–Crippen MR) is 89.4 cm³/mol. The summed E-state index contributed by atoms with van der Waals surface area (Å²) >= 11 is 0. The van der Waals surface area contributed by atoms with Crippen LogP contribution >= 0.6 is 0 Å². The van der Waals surface area contributed by atoms with E-state index in [4.69, 9.17) is 5.11 Å². The van der Waals surface area contributed by atoms with Gasteiger partial charge in [0.05, 0.1) is 12.9 Å². The Morgan fingerprint density at radius 3 is 1.75 bits per heavy atom. The minimum Gasteiger partial charge on any atom is -0.478 e. The van der Waals surface area contributed by atoms with Crippen LogP contribution < -0.4 is 5.32 Å². The number of carboxylic acid groups (broad SMARTS) is 1. The lowest BCUT2D eigenvalue weighted by molar-refractivity contribution is -0.131. The number of hydrogen-bond acceptors (Lipinski definition) is 3. The number of aliphatic carboxylic acids is 1. The number of nitrogens with zero attached hydrogens (tertiary/aromatic N) is 1. The van der Waals surface area contributed by atoms with Crippen LogP contribution in [0.5, 0.6) is 0 Å². The SMILES string of the molecule is C1=NCCN1.C=CC(=O)O.C=CCCC.C=CCCC. The summed E-state index contributed by atoms with van der Waals surface area (Å²) in [4.78, 5) is 13.1. The van der Waals surface area contributed by atoms with Gasteiger partial charge in [-0.05, 0) is 12.8 Å². The first-order valence-corrected chi connectivity index (χ1v) is 6.89. The van der Waals surface area contributed by atoms with Gasteiger partial charge in [-0.15, -0.1) is 13.2 Å². The van der Waals surface area contributed by atoms with E-state index < -0.39 is 5.97 Å². The summed E-state index contributed by atoms with van der Waals surface area (Å²) in [5.74, 6) is -0.981. The van der Waals surface area contributed by atoms with Gasteiger partial charge in [-0.2, -0.15) is 0 Å². The van der Waals surface area contributed by atoms with Gasteiger partial charge in [-0.1, -0.05) is 45.4 Å². The summed E-state index contributed by atoms with van der Waals surface area (Å²) in [5.41, 5.74) is 0. The van der Waals surface area contributed by atoms with Gasteiger partial charge in [0.2, 0.25) is 0 Å². The van der Waals surface area contributed by atoms with Crippen molar-refractivity contribution < 1.29 is 9.90 Å². The molecule has 1 aliphatic rings. The van der Waals surface area contributed by atoms with Crippen LogP contribution in [0.1, 0.15) is 39.5 Å². The molecule has 0 saturated heterocycles. The molecule has 1 heterocycles. The Hall–Kier alpha value is -1.84. The van der Waals surface area contributed by atoms with Crippen molar-refractivity contribution in [3.05, 3.63) is 38.0 Å². The summed E-state index contributed by atoms with van der Waals surface area (Å²) in [6.07, 6.45) is 11.2. The van der Waals surface area contributed by atoms with Crippen molar-refractivity contribution >= 4 is 12.3 Å². The second kappa shape index (κ2) is 25.9. The Morgan fingerprint density at radius 2 is 1.70 bits per heavy atom. The highest BCUT2D eigenvalue weighted by molar-refractivity contribution is 5.78. The van der Waals surface area contributed by atoms with Crippen molar-refractivity contribution in [1.82, 2.24) is 5.32 Å². The highest BCUT2D eigenvalue weighted by atomic mass is 16.4. The molecule has 0 fully saturated rings. The smallest absolute Gasteiger partial charge is 0.327 e. The molecule has 0 aromatic heterocycles. The average Bonchev–Trinajstić information content (AvgIpc) is 3.01. The number of allylic oxidation sites excluding steroid dienone is 2. The van der Waals surface area contributed by atoms with Crippen molar-refractivity contribution in [3.8, 4) is 0 Å². The molecular weight excluding hydrogens is 252 g/mol. The van der Waals surface area contributed by atoms with Crippen LogP contribution in [0.25, 0.3) is 0 Å². The van der Waals surface area contributed by atoms with Gasteiger partial charge < -0.3 is 10.4 Å². The topological polar surface area (TPSA) is 61.7 Å². The largest absolute Gasteiger partial charge is 0.478 e. The van der Waals surface area contributed by atoms with E-state index in [1.54, 1.807) is 6.34 Å². The highest BCUT2D eigenvalue weighted by Crippen LogP contribution is 1.82. The van der Waals surface area contributed by atoms with Gasteiger partial charge in [0, 0.05) is 12.6 Å². The molecule has 0 radical (unpaired) electrons. The minimum absolute atomic E-state index is 0.833. The summed E-state index contributed by atoms with van der Waals surface area (Å²) < 4.78 is 0. The Morgan fingerprint density at radius 1 is 1.25 bits per heavy atom. The van der Waals surface area contributed by atoms with Gasteiger partial charge >= 0.3 is 5.97 Å². The second-order valence-corrected chi connectivity index (χ2v) is 3.69. The van der Waals surface area contributed by atoms with Crippen LogP contribution in [0.4, 0.5) is 0 Å². The summed E-state index contributed by atoms with van der Waals surface area (Å²) in [6.45, 7) is 16.3. The maximum atomic E-state index is 9.25. The Bertz CT molecular complexity index is 245. The highest BCUT2D eigenvalue weighted by Gasteiger charge is 1.82. The van der Waals surface area contributed by atoms with E-state index in [2.05, 4.69) is 43.9 Å². The van der Waals surface area contributed by atoms with Crippen LogP contribution in [-0.2, 0) is 4.79 Å². The third-order valence-electron chi connectivity index (χ3n) is 1.73. The van der Waals surface area contributed by atoms with Crippen molar-refractivity contribution in [2.75, 3.05) is 13.1 Å². The third-order valence-corrected chi connectivity index (χ3v) is 1.73. The Labute approximate surface area is 124 Å². The quantitative estimate of drug-likeness (QED) is 0.595. The lowest BCUT2D eigenvalue weighted by Crippen LogP contribution is -2.04. The van der Waals surface area contributed by atoms with E-state index in [1.165, 1.54) is 12.8 Å². The molecule has 0 bridgehead atoms. The monoisotopic (exact) mass is 282 g/mol. The van der Waals surface area contributed by atoms with Gasteiger partial charge in [-0.3, -0.25) is 4.99 Å². The minimum atomic E-state index is -0.981. The zero-order valence-corrected chi connectivity index (χ0v) is 13.0. The standard InChI is InChI=1S/2C5H10.C3H6N2.C3H4O2/c2*1-3-5-4-2;1-2-5-3-4-1;1-2-3(4)5/h2*3H,1,4-5H2,2H3;3H,1-2H2,(H,4,5);2H,1H2,(H,4,5). The Balaban J connectivity index is -0.000000193. The fourth-order valence-corrected chi connectivity index (χ4v) is 0.731.